The van der Waals surface area contributed by atoms with Crippen LogP contribution in [0, 0.1) is 11.6 Å². The number of rotatable bonds is 15. The minimum Gasteiger partial charge on any atom is -0.494 e. The number of unbranched alkanes of at least 4 members (excludes halogenated alkanes) is 6. The fraction of sp³-hybridized carbons (Fsp3) is 0.600. The van der Waals surface area contributed by atoms with Gasteiger partial charge in [0.1, 0.15) is 11.9 Å². The molecular formula is C30H41F3O2. The number of ether oxygens (including phenoxy) is 2. The van der Waals surface area contributed by atoms with Gasteiger partial charge >= 0.3 is 0 Å². The molecule has 0 heterocycles. The molecule has 3 rings (SSSR count). The molecular weight excluding hydrogens is 449 g/mol. The molecule has 0 fully saturated rings. The standard InChI is InChI=1S/C30H41F3O2/c1-3-5-7-9-11-24(31)21-35-26-17-14-23-19-27(29(32)30(33)28(23)20-26)22-12-15-25(16-13-22)34-18-10-8-6-4-2/h12-13,15-16,19,24,26H,3-11,14,17-18,20-21H2,1-2H3. The molecule has 35 heavy (non-hydrogen) atoms. The minimum atomic E-state index is -1.000. The smallest absolute Gasteiger partial charge is 0.166 e. The monoisotopic (exact) mass is 490 g/mol. The van der Waals surface area contributed by atoms with Crippen LogP contribution >= 0.6 is 0 Å². The molecule has 0 aromatic heterocycles. The predicted molar refractivity (Wildman–Crippen MR) is 137 cm³/mol. The Kier molecular flexibility index (Phi) is 11.4. The summed E-state index contributed by atoms with van der Waals surface area (Å²) in [6.45, 7) is 4.99. The Morgan fingerprint density at radius 3 is 2.34 bits per heavy atom. The first kappa shape index (κ1) is 27.6. The third-order valence-corrected chi connectivity index (χ3v) is 6.88. The molecule has 0 N–H and O–H groups in total. The summed E-state index contributed by atoms with van der Waals surface area (Å²) in [5, 5.41) is 0. The fourth-order valence-electron chi connectivity index (χ4n) is 4.72. The molecule has 1 aliphatic carbocycles. The Hall–Kier alpha value is -2.01. The van der Waals surface area contributed by atoms with Crippen LogP contribution in [0.5, 0.6) is 5.75 Å². The highest BCUT2D eigenvalue weighted by atomic mass is 19.2. The lowest BCUT2D eigenvalue weighted by Crippen LogP contribution is -2.27. The second-order valence-electron chi connectivity index (χ2n) is 9.77. The molecule has 2 unspecified atom stereocenters. The van der Waals surface area contributed by atoms with Crippen LogP contribution < -0.4 is 4.74 Å². The zero-order valence-corrected chi connectivity index (χ0v) is 21.4. The fourth-order valence-corrected chi connectivity index (χ4v) is 4.72. The van der Waals surface area contributed by atoms with Crippen molar-refractivity contribution >= 4 is 0 Å². The van der Waals surface area contributed by atoms with Gasteiger partial charge in [-0.05, 0) is 60.6 Å². The summed E-state index contributed by atoms with van der Waals surface area (Å²) in [4.78, 5) is 0. The Balaban J connectivity index is 1.57. The van der Waals surface area contributed by atoms with Crippen LogP contribution in [0.3, 0.4) is 0 Å². The Morgan fingerprint density at radius 1 is 0.914 bits per heavy atom. The van der Waals surface area contributed by atoms with Crippen LogP contribution in [0.25, 0.3) is 11.1 Å². The van der Waals surface area contributed by atoms with Gasteiger partial charge in [0.05, 0.1) is 19.3 Å². The predicted octanol–water partition coefficient (Wildman–Crippen LogP) is 8.77. The van der Waals surface area contributed by atoms with Gasteiger partial charge in [0.25, 0.3) is 0 Å². The van der Waals surface area contributed by atoms with E-state index in [0.717, 1.165) is 49.8 Å². The van der Waals surface area contributed by atoms with Gasteiger partial charge in [0.2, 0.25) is 0 Å². The highest BCUT2D eigenvalue weighted by Gasteiger charge is 2.27. The molecule has 2 aromatic rings. The average Bonchev–Trinajstić information content (AvgIpc) is 2.88. The summed E-state index contributed by atoms with van der Waals surface area (Å²) in [6, 6.07) is 8.94. The molecule has 5 heteroatoms. The number of alkyl halides is 1. The highest BCUT2D eigenvalue weighted by Crippen LogP contribution is 2.34. The maximum atomic E-state index is 15.1. The van der Waals surface area contributed by atoms with E-state index in [2.05, 4.69) is 13.8 Å². The Labute approximate surface area is 209 Å². The van der Waals surface area contributed by atoms with E-state index in [1.165, 1.54) is 12.8 Å². The van der Waals surface area contributed by atoms with Gasteiger partial charge in [-0.15, -0.1) is 0 Å². The first-order valence-corrected chi connectivity index (χ1v) is 13.5. The number of fused-ring (bicyclic) bond motifs is 1. The van der Waals surface area contributed by atoms with Crippen LogP contribution in [-0.4, -0.2) is 25.5 Å². The molecule has 0 aliphatic heterocycles. The summed E-state index contributed by atoms with van der Waals surface area (Å²) in [5.74, 6) is -0.907. The Bertz CT molecular complexity index is 897. The molecule has 1 aliphatic rings. The summed E-state index contributed by atoms with van der Waals surface area (Å²) in [6.07, 6.45) is 9.47. The second-order valence-corrected chi connectivity index (χ2v) is 9.77. The summed E-state index contributed by atoms with van der Waals surface area (Å²) in [5.41, 5.74) is 2.08. The molecule has 2 atom stereocenters. The highest BCUT2D eigenvalue weighted by molar-refractivity contribution is 5.67. The van der Waals surface area contributed by atoms with E-state index in [-0.39, 0.29) is 24.7 Å². The molecule has 0 saturated heterocycles. The van der Waals surface area contributed by atoms with Crippen molar-refractivity contribution in [1.82, 2.24) is 0 Å². The summed E-state index contributed by atoms with van der Waals surface area (Å²) < 4.78 is 55.8. The number of halogens is 3. The van der Waals surface area contributed by atoms with E-state index in [1.54, 1.807) is 18.2 Å². The molecule has 2 nitrogen and oxygen atoms in total. The normalized spacial score (nSPS) is 16.2. The van der Waals surface area contributed by atoms with Crippen LogP contribution in [0.2, 0.25) is 0 Å². The molecule has 0 radical (unpaired) electrons. The third-order valence-electron chi connectivity index (χ3n) is 6.88. The summed E-state index contributed by atoms with van der Waals surface area (Å²) >= 11 is 0. The van der Waals surface area contributed by atoms with Crippen molar-refractivity contribution in [2.24, 2.45) is 0 Å². The first-order valence-electron chi connectivity index (χ1n) is 13.5. The van der Waals surface area contributed by atoms with Gasteiger partial charge in [-0.3, -0.25) is 0 Å². The van der Waals surface area contributed by atoms with Crippen LogP contribution in [0.4, 0.5) is 13.2 Å². The van der Waals surface area contributed by atoms with Crippen LogP contribution in [0.15, 0.2) is 30.3 Å². The number of hydrogen-bond acceptors (Lipinski definition) is 2. The number of hydrogen-bond donors (Lipinski definition) is 0. The maximum absolute atomic E-state index is 15.1. The average molecular weight is 491 g/mol. The van der Waals surface area contributed by atoms with Crippen molar-refractivity contribution in [2.45, 2.75) is 103 Å². The van der Waals surface area contributed by atoms with Crippen molar-refractivity contribution in [3.8, 4) is 16.9 Å². The first-order chi connectivity index (χ1) is 17.0. The van der Waals surface area contributed by atoms with Gasteiger partial charge < -0.3 is 9.47 Å². The second kappa shape index (κ2) is 14.5. The number of aryl methyl sites for hydroxylation is 1. The Morgan fingerprint density at radius 2 is 1.63 bits per heavy atom. The molecule has 0 saturated carbocycles. The van der Waals surface area contributed by atoms with E-state index in [0.29, 0.717) is 37.0 Å². The SMILES string of the molecule is CCCCCCOc1ccc(-c2cc3c(c(F)c2F)CC(OCC(F)CCCCCC)CC3)cc1. The lowest BCUT2D eigenvalue weighted by atomic mass is 9.86. The van der Waals surface area contributed by atoms with Crippen LogP contribution in [0.1, 0.15) is 89.2 Å². The van der Waals surface area contributed by atoms with E-state index in [1.807, 2.05) is 12.1 Å². The topological polar surface area (TPSA) is 18.5 Å². The molecule has 0 spiro atoms. The van der Waals surface area contributed by atoms with Gasteiger partial charge in [-0.1, -0.05) is 70.9 Å². The van der Waals surface area contributed by atoms with Gasteiger partial charge in [0.15, 0.2) is 11.6 Å². The van der Waals surface area contributed by atoms with Crippen molar-refractivity contribution in [1.29, 1.82) is 0 Å². The lowest BCUT2D eigenvalue weighted by molar-refractivity contribution is 0.00865. The van der Waals surface area contributed by atoms with E-state index in [4.69, 9.17) is 9.47 Å². The zero-order valence-electron chi connectivity index (χ0n) is 21.4. The molecule has 0 amide bonds. The third kappa shape index (κ3) is 8.27. The largest absolute Gasteiger partial charge is 0.494 e. The molecule has 2 aromatic carbocycles. The summed E-state index contributed by atoms with van der Waals surface area (Å²) in [7, 11) is 0. The van der Waals surface area contributed by atoms with Gasteiger partial charge in [0, 0.05) is 12.0 Å². The van der Waals surface area contributed by atoms with Crippen molar-refractivity contribution in [3.63, 3.8) is 0 Å². The maximum Gasteiger partial charge on any atom is 0.166 e. The van der Waals surface area contributed by atoms with Crippen molar-refractivity contribution in [2.75, 3.05) is 13.2 Å². The number of benzene rings is 2. The molecule has 0 bridgehead atoms. The van der Waals surface area contributed by atoms with Crippen molar-refractivity contribution < 1.29 is 22.6 Å². The molecule has 194 valence electrons. The lowest BCUT2D eigenvalue weighted by Gasteiger charge is -2.27. The zero-order chi connectivity index (χ0) is 25.0. The van der Waals surface area contributed by atoms with Gasteiger partial charge in [-0.25, -0.2) is 13.2 Å². The minimum absolute atomic E-state index is 0.0291. The van der Waals surface area contributed by atoms with E-state index >= 15 is 8.78 Å². The van der Waals surface area contributed by atoms with Crippen molar-refractivity contribution in [3.05, 3.63) is 53.1 Å². The van der Waals surface area contributed by atoms with Gasteiger partial charge in [-0.2, -0.15) is 0 Å². The van der Waals surface area contributed by atoms with Crippen LogP contribution in [-0.2, 0) is 17.6 Å². The quantitative estimate of drug-likeness (QED) is 0.232. The van der Waals surface area contributed by atoms with E-state index in [9.17, 15) is 4.39 Å². The van der Waals surface area contributed by atoms with E-state index < -0.39 is 17.8 Å².